The number of benzene rings is 1. The zero-order chi connectivity index (χ0) is 10.8. The van der Waals surface area contributed by atoms with Crippen molar-refractivity contribution in [1.82, 2.24) is 4.90 Å². The zero-order valence-corrected chi connectivity index (χ0v) is 10.3. The lowest BCUT2D eigenvalue weighted by Gasteiger charge is -2.16. The van der Waals surface area contributed by atoms with Crippen molar-refractivity contribution in [2.45, 2.75) is 19.4 Å². The molecule has 1 aliphatic rings. The molecule has 1 aliphatic carbocycles. The van der Waals surface area contributed by atoms with Gasteiger partial charge in [0.15, 0.2) is 0 Å². The van der Waals surface area contributed by atoms with Crippen molar-refractivity contribution in [3.05, 3.63) is 34.3 Å². The molecule has 0 heterocycles. The standard InChI is InChI=1S/C12H14BrNO/c1-14(12(15)10-4-5-10)8-9-2-6-11(13)7-3-9/h2-3,6-7,10H,4-5,8H2,1H3. The lowest BCUT2D eigenvalue weighted by Crippen LogP contribution is -2.27. The highest BCUT2D eigenvalue weighted by Gasteiger charge is 2.31. The Morgan fingerprint density at radius 1 is 1.40 bits per heavy atom. The van der Waals surface area contributed by atoms with Crippen LogP contribution in [0.4, 0.5) is 0 Å². The molecule has 0 unspecified atom stereocenters. The van der Waals surface area contributed by atoms with E-state index in [0.717, 1.165) is 17.3 Å². The maximum absolute atomic E-state index is 11.7. The number of amides is 1. The molecule has 0 aromatic heterocycles. The highest BCUT2D eigenvalue weighted by Crippen LogP contribution is 2.31. The molecule has 1 aromatic carbocycles. The predicted molar refractivity (Wildman–Crippen MR) is 63.3 cm³/mol. The molecule has 0 saturated heterocycles. The van der Waals surface area contributed by atoms with Gasteiger partial charge in [-0.25, -0.2) is 0 Å². The Bertz CT molecular complexity index is 356. The fourth-order valence-electron chi connectivity index (χ4n) is 1.58. The van der Waals surface area contributed by atoms with Gasteiger partial charge < -0.3 is 4.90 Å². The average molecular weight is 268 g/mol. The summed E-state index contributed by atoms with van der Waals surface area (Å²) >= 11 is 3.39. The summed E-state index contributed by atoms with van der Waals surface area (Å²) in [5, 5.41) is 0. The lowest BCUT2D eigenvalue weighted by molar-refractivity contribution is -0.131. The highest BCUT2D eigenvalue weighted by molar-refractivity contribution is 9.10. The van der Waals surface area contributed by atoms with E-state index in [1.807, 2.05) is 36.2 Å². The molecule has 2 nitrogen and oxygen atoms in total. The summed E-state index contributed by atoms with van der Waals surface area (Å²) in [5.41, 5.74) is 1.18. The molecule has 0 N–H and O–H groups in total. The van der Waals surface area contributed by atoms with Crippen LogP contribution in [0.15, 0.2) is 28.7 Å². The van der Waals surface area contributed by atoms with E-state index < -0.39 is 0 Å². The van der Waals surface area contributed by atoms with E-state index in [-0.39, 0.29) is 5.91 Å². The summed E-state index contributed by atoms with van der Waals surface area (Å²) in [6.45, 7) is 0.711. The number of carbonyl (C=O) groups is 1. The molecule has 0 atom stereocenters. The summed E-state index contributed by atoms with van der Waals surface area (Å²) in [4.78, 5) is 13.5. The molecule has 2 rings (SSSR count). The number of halogens is 1. The highest BCUT2D eigenvalue weighted by atomic mass is 79.9. The van der Waals surface area contributed by atoms with Gasteiger partial charge >= 0.3 is 0 Å². The third-order valence-corrected chi connectivity index (χ3v) is 3.16. The molecule has 80 valence electrons. The molecular weight excluding hydrogens is 254 g/mol. The van der Waals surface area contributed by atoms with Gasteiger partial charge in [0.25, 0.3) is 0 Å². The molecular formula is C12H14BrNO. The van der Waals surface area contributed by atoms with E-state index in [1.165, 1.54) is 5.56 Å². The van der Waals surface area contributed by atoms with Crippen molar-refractivity contribution in [2.75, 3.05) is 7.05 Å². The maximum Gasteiger partial charge on any atom is 0.225 e. The van der Waals surface area contributed by atoms with Gasteiger partial charge in [0, 0.05) is 24.0 Å². The van der Waals surface area contributed by atoms with Crippen LogP contribution in [-0.4, -0.2) is 17.9 Å². The van der Waals surface area contributed by atoms with Crippen molar-refractivity contribution < 1.29 is 4.79 Å². The van der Waals surface area contributed by atoms with Crippen molar-refractivity contribution in [2.24, 2.45) is 5.92 Å². The topological polar surface area (TPSA) is 20.3 Å². The smallest absolute Gasteiger partial charge is 0.225 e. The Kier molecular flexibility index (Phi) is 3.10. The number of hydrogen-bond acceptors (Lipinski definition) is 1. The Hall–Kier alpha value is -0.830. The van der Waals surface area contributed by atoms with E-state index >= 15 is 0 Å². The summed E-state index contributed by atoms with van der Waals surface area (Å²) in [6, 6.07) is 8.09. The first-order valence-corrected chi connectivity index (χ1v) is 5.95. The molecule has 1 amide bonds. The van der Waals surface area contributed by atoms with Gasteiger partial charge in [-0.1, -0.05) is 28.1 Å². The second kappa shape index (κ2) is 4.35. The number of rotatable bonds is 3. The Balaban J connectivity index is 1.95. The fourth-order valence-corrected chi connectivity index (χ4v) is 1.85. The van der Waals surface area contributed by atoms with E-state index in [4.69, 9.17) is 0 Å². The minimum atomic E-state index is 0.290. The molecule has 0 spiro atoms. The third kappa shape index (κ3) is 2.81. The lowest BCUT2D eigenvalue weighted by atomic mass is 10.2. The normalized spacial score (nSPS) is 15.1. The van der Waals surface area contributed by atoms with E-state index in [9.17, 15) is 4.79 Å². The second-order valence-corrected chi connectivity index (χ2v) is 5.01. The second-order valence-electron chi connectivity index (χ2n) is 4.10. The number of hydrogen-bond donors (Lipinski definition) is 0. The van der Waals surface area contributed by atoms with Gasteiger partial charge in [-0.05, 0) is 30.5 Å². The molecule has 3 heteroatoms. The van der Waals surface area contributed by atoms with Crippen molar-refractivity contribution in [3.63, 3.8) is 0 Å². The summed E-state index contributed by atoms with van der Waals surface area (Å²) in [5.74, 6) is 0.600. The molecule has 1 fully saturated rings. The fraction of sp³-hybridized carbons (Fsp3) is 0.417. The van der Waals surface area contributed by atoms with Crippen molar-refractivity contribution in [3.8, 4) is 0 Å². The van der Waals surface area contributed by atoms with Crippen LogP contribution >= 0.6 is 15.9 Å². The molecule has 1 saturated carbocycles. The van der Waals surface area contributed by atoms with Crippen LogP contribution < -0.4 is 0 Å². The van der Waals surface area contributed by atoms with Crippen LogP contribution in [0.1, 0.15) is 18.4 Å². The van der Waals surface area contributed by atoms with Crippen molar-refractivity contribution in [1.29, 1.82) is 0 Å². The maximum atomic E-state index is 11.7. The van der Waals surface area contributed by atoms with E-state index in [1.54, 1.807) is 0 Å². The van der Waals surface area contributed by atoms with Crippen LogP contribution in [0.2, 0.25) is 0 Å². The van der Waals surface area contributed by atoms with Crippen LogP contribution in [-0.2, 0) is 11.3 Å². The molecule has 0 radical (unpaired) electrons. The van der Waals surface area contributed by atoms with Crippen molar-refractivity contribution >= 4 is 21.8 Å². The molecule has 15 heavy (non-hydrogen) atoms. The van der Waals surface area contributed by atoms with Crippen LogP contribution in [0.25, 0.3) is 0 Å². The minimum absolute atomic E-state index is 0.290. The SMILES string of the molecule is CN(Cc1ccc(Br)cc1)C(=O)C1CC1. The average Bonchev–Trinajstić information content (AvgIpc) is 3.04. The van der Waals surface area contributed by atoms with Crippen LogP contribution in [0.5, 0.6) is 0 Å². The monoisotopic (exact) mass is 267 g/mol. The van der Waals surface area contributed by atoms with Gasteiger partial charge in [-0.3, -0.25) is 4.79 Å². The minimum Gasteiger partial charge on any atom is -0.341 e. The third-order valence-electron chi connectivity index (χ3n) is 2.64. The number of carbonyl (C=O) groups excluding carboxylic acids is 1. The van der Waals surface area contributed by atoms with Crippen LogP contribution in [0, 0.1) is 5.92 Å². The Labute approximate surface area is 98.4 Å². The largest absolute Gasteiger partial charge is 0.341 e. The first kappa shape index (κ1) is 10.7. The Morgan fingerprint density at radius 2 is 2.00 bits per heavy atom. The summed E-state index contributed by atoms with van der Waals surface area (Å²) in [6.07, 6.45) is 2.15. The molecule has 0 bridgehead atoms. The zero-order valence-electron chi connectivity index (χ0n) is 8.74. The number of nitrogens with zero attached hydrogens (tertiary/aromatic N) is 1. The van der Waals surface area contributed by atoms with E-state index in [0.29, 0.717) is 12.5 Å². The van der Waals surface area contributed by atoms with Gasteiger partial charge in [0.2, 0.25) is 5.91 Å². The summed E-state index contributed by atoms with van der Waals surface area (Å²) < 4.78 is 1.07. The van der Waals surface area contributed by atoms with Crippen LogP contribution in [0.3, 0.4) is 0 Å². The predicted octanol–water partition coefficient (Wildman–Crippen LogP) is 2.82. The van der Waals surface area contributed by atoms with Gasteiger partial charge in [0.05, 0.1) is 0 Å². The first-order chi connectivity index (χ1) is 7.16. The molecule has 1 aromatic rings. The first-order valence-electron chi connectivity index (χ1n) is 5.16. The quantitative estimate of drug-likeness (QED) is 0.825. The Morgan fingerprint density at radius 3 is 2.53 bits per heavy atom. The van der Waals surface area contributed by atoms with Gasteiger partial charge in [-0.2, -0.15) is 0 Å². The van der Waals surface area contributed by atoms with E-state index in [2.05, 4.69) is 15.9 Å². The summed E-state index contributed by atoms with van der Waals surface area (Å²) in [7, 11) is 1.88. The van der Waals surface area contributed by atoms with Gasteiger partial charge in [0.1, 0.15) is 0 Å². The molecule has 0 aliphatic heterocycles. The van der Waals surface area contributed by atoms with Gasteiger partial charge in [-0.15, -0.1) is 0 Å².